The van der Waals surface area contributed by atoms with Crippen LogP contribution < -0.4 is 4.74 Å². The van der Waals surface area contributed by atoms with Gasteiger partial charge in [-0.1, -0.05) is 0 Å². The van der Waals surface area contributed by atoms with Crippen molar-refractivity contribution >= 4 is 11.8 Å². The highest BCUT2D eigenvalue weighted by Gasteiger charge is 2.43. The molecule has 2 saturated heterocycles. The van der Waals surface area contributed by atoms with Crippen LogP contribution in [0.5, 0.6) is 11.5 Å². The standard InChI is InChI=1S/C21H28N2O4/c1-27-18-11-16(5-6-17(18)24)20(26)22-10-2-8-21(13-22)9-7-19(25)23(14-21)12-15-3-4-15/h5-6,11,15,24H,2-4,7-10,12-14H2,1H3. The number of carbonyl (C=O) groups excluding carboxylic acids is 2. The van der Waals surface area contributed by atoms with E-state index in [9.17, 15) is 14.7 Å². The van der Waals surface area contributed by atoms with Gasteiger partial charge in [0, 0.05) is 43.6 Å². The molecule has 4 rings (SSSR count). The van der Waals surface area contributed by atoms with Crippen LogP contribution in [0.1, 0.15) is 48.9 Å². The second kappa shape index (κ2) is 7.06. The van der Waals surface area contributed by atoms with Gasteiger partial charge in [0.1, 0.15) is 0 Å². The number of benzene rings is 1. The van der Waals surface area contributed by atoms with Crippen LogP contribution in [0, 0.1) is 11.3 Å². The van der Waals surface area contributed by atoms with Gasteiger partial charge in [-0.15, -0.1) is 0 Å². The van der Waals surface area contributed by atoms with E-state index in [4.69, 9.17) is 4.74 Å². The van der Waals surface area contributed by atoms with E-state index >= 15 is 0 Å². The van der Waals surface area contributed by atoms with Crippen molar-refractivity contribution in [3.63, 3.8) is 0 Å². The quantitative estimate of drug-likeness (QED) is 0.882. The van der Waals surface area contributed by atoms with Gasteiger partial charge in [0.15, 0.2) is 11.5 Å². The number of ether oxygens (including phenoxy) is 1. The first-order chi connectivity index (χ1) is 13.0. The number of nitrogens with zero attached hydrogens (tertiary/aromatic N) is 2. The maximum absolute atomic E-state index is 13.0. The molecule has 1 unspecified atom stereocenters. The number of likely N-dealkylation sites (tertiary alicyclic amines) is 2. The summed E-state index contributed by atoms with van der Waals surface area (Å²) < 4.78 is 5.14. The third-order valence-electron chi connectivity index (χ3n) is 6.30. The molecule has 146 valence electrons. The van der Waals surface area contributed by atoms with Crippen LogP contribution in [-0.2, 0) is 4.79 Å². The summed E-state index contributed by atoms with van der Waals surface area (Å²) in [5.41, 5.74) is 0.556. The molecule has 0 radical (unpaired) electrons. The molecule has 2 heterocycles. The van der Waals surface area contributed by atoms with Crippen molar-refractivity contribution in [1.82, 2.24) is 9.80 Å². The number of amides is 2. The highest BCUT2D eigenvalue weighted by Crippen LogP contribution is 2.41. The van der Waals surface area contributed by atoms with Crippen molar-refractivity contribution < 1.29 is 19.4 Å². The van der Waals surface area contributed by atoms with Crippen molar-refractivity contribution in [2.75, 3.05) is 33.3 Å². The Kier molecular flexibility index (Phi) is 4.74. The van der Waals surface area contributed by atoms with E-state index in [-0.39, 0.29) is 23.0 Å². The summed E-state index contributed by atoms with van der Waals surface area (Å²) in [6.45, 7) is 3.11. The average molecular weight is 372 g/mol. The summed E-state index contributed by atoms with van der Waals surface area (Å²) in [6, 6.07) is 4.75. The van der Waals surface area contributed by atoms with Crippen molar-refractivity contribution in [3.8, 4) is 11.5 Å². The van der Waals surface area contributed by atoms with E-state index < -0.39 is 0 Å². The predicted molar refractivity (Wildman–Crippen MR) is 101 cm³/mol. The Morgan fingerprint density at radius 3 is 2.85 bits per heavy atom. The minimum atomic E-state index is -0.0296. The van der Waals surface area contributed by atoms with Gasteiger partial charge < -0.3 is 19.6 Å². The lowest BCUT2D eigenvalue weighted by Crippen LogP contribution is -2.55. The summed E-state index contributed by atoms with van der Waals surface area (Å²) in [7, 11) is 1.48. The SMILES string of the molecule is COc1cc(C(=O)N2CCCC3(CCC(=O)N(CC4CC4)C3)C2)ccc1O. The fraction of sp³-hybridized carbons (Fsp3) is 0.619. The van der Waals surface area contributed by atoms with Gasteiger partial charge in [-0.05, 0) is 56.2 Å². The molecular formula is C21H28N2O4. The van der Waals surface area contributed by atoms with E-state index in [2.05, 4.69) is 4.90 Å². The molecule has 2 amide bonds. The minimum absolute atomic E-state index is 0.0255. The van der Waals surface area contributed by atoms with Gasteiger partial charge >= 0.3 is 0 Å². The van der Waals surface area contributed by atoms with Crippen LogP contribution >= 0.6 is 0 Å². The van der Waals surface area contributed by atoms with Crippen LogP contribution in [-0.4, -0.2) is 60.0 Å². The molecule has 1 aromatic rings. The minimum Gasteiger partial charge on any atom is -0.504 e. The summed E-state index contributed by atoms with van der Waals surface area (Å²) in [5, 5.41) is 9.77. The van der Waals surface area contributed by atoms with Crippen LogP contribution in [0.3, 0.4) is 0 Å². The predicted octanol–water partition coefficient (Wildman–Crippen LogP) is 2.66. The van der Waals surface area contributed by atoms with Crippen LogP contribution in [0.4, 0.5) is 0 Å². The largest absolute Gasteiger partial charge is 0.504 e. The zero-order valence-electron chi connectivity index (χ0n) is 15.9. The van der Waals surface area contributed by atoms with Crippen molar-refractivity contribution in [1.29, 1.82) is 0 Å². The molecule has 0 bridgehead atoms. The van der Waals surface area contributed by atoms with Gasteiger partial charge in [0.05, 0.1) is 7.11 Å². The van der Waals surface area contributed by atoms with E-state index in [1.807, 2.05) is 4.90 Å². The fourth-order valence-electron chi connectivity index (χ4n) is 4.59. The average Bonchev–Trinajstić information content (AvgIpc) is 3.49. The van der Waals surface area contributed by atoms with Gasteiger partial charge in [0.25, 0.3) is 5.91 Å². The van der Waals surface area contributed by atoms with Crippen molar-refractivity contribution in [3.05, 3.63) is 23.8 Å². The second-order valence-electron chi connectivity index (χ2n) is 8.43. The lowest BCUT2D eigenvalue weighted by molar-refractivity contribution is -0.139. The number of rotatable bonds is 4. The maximum Gasteiger partial charge on any atom is 0.254 e. The number of phenolic OH excluding ortho intramolecular Hbond substituents is 1. The molecule has 3 fully saturated rings. The molecule has 1 N–H and O–H groups in total. The number of methoxy groups -OCH3 is 1. The number of hydrogen-bond acceptors (Lipinski definition) is 4. The molecular weight excluding hydrogens is 344 g/mol. The molecule has 27 heavy (non-hydrogen) atoms. The number of aromatic hydroxyl groups is 1. The third-order valence-corrected chi connectivity index (χ3v) is 6.30. The maximum atomic E-state index is 13.0. The molecule has 2 aliphatic heterocycles. The highest BCUT2D eigenvalue weighted by atomic mass is 16.5. The van der Waals surface area contributed by atoms with Crippen LogP contribution in [0.25, 0.3) is 0 Å². The van der Waals surface area contributed by atoms with Gasteiger partial charge in [-0.25, -0.2) is 0 Å². The molecule has 3 aliphatic rings. The number of piperidine rings is 2. The Bertz CT molecular complexity index is 746. The first-order valence-electron chi connectivity index (χ1n) is 9.94. The van der Waals surface area contributed by atoms with E-state index in [0.29, 0.717) is 30.2 Å². The highest BCUT2D eigenvalue weighted by molar-refractivity contribution is 5.95. The summed E-state index contributed by atoms with van der Waals surface area (Å²) >= 11 is 0. The topological polar surface area (TPSA) is 70.1 Å². The van der Waals surface area contributed by atoms with E-state index in [0.717, 1.165) is 38.9 Å². The Morgan fingerprint density at radius 1 is 1.30 bits per heavy atom. The molecule has 1 spiro atoms. The zero-order chi connectivity index (χ0) is 19.0. The van der Waals surface area contributed by atoms with E-state index in [1.54, 1.807) is 12.1 Å². The number of phenols is 1. The Morgan fingerprint density at radius 2 is 2.11 bits per heavy atom. The summed E-state index contributed by atoms with van der Waals surface area (Å²) in [4.78, 5) is 29.3. The summed E-state index contributed by atoms with van der Waals surface area (Å²) in [5.74, 6) is 1.28. The molecule has 1 aliphatic carbocycles. The first kappa shape index (κ1) is 18.1. The van der Waals surface area contributed by atoms with E-state index in [1.165, 1.54) is 26.0 Å². The first-order valence-corrected chi connectivity index (χ1v) is 9.94. The van der Waals surface area contributed by atoms with Crippen molar-refractivity contribution in [2.45, 2.75) is 38.5 Å². The number of hydrogen-bond donors (Lipinski definition) is 1. The molecule has 6 heteroatoms. The molecule has 1 aromatic carbocycles. The zero-order valence-corrected chi connectivity index (χ0v) is 15.9. The monoisotopic (exact) mass is 372 g/mol. The molecule has 1 saturated carbocycles. The molecule has 0 aromatic heterocycles. The normalized spacial score (nSPS) is 25.7. The Hall–Kier alpha value is -2.24. The fourth-order valence-corrected chi connectivity index (χ4v) is 4.59. The summed E-state index contributed by atoms with van der Waals surface area (Å²) in [6.07, 6.45) is 5.99. The Labute approximate surface area is 160 Å². The Balaban J connectivity index is 1.48. The lowest BCUT2D eigenvalue weighted by atomic mass is 9.73. The number of carbonyl (C=O) groups is 2. The van der Waals surface area contributed by atoms with Crippen LogP contribution in [0.15, 0.2) is 18.2 Å². The lowest BCUT2D eigenvalue weighted by Gasteiger charge is -2.48. The smallest absolute Gasteiger partial charge is 0.254 e. The molecule has 6 nitrogen and oxygen atoms in total. The second-order valence-corrected chi connectivity index (χ2v) is 8.43. The third kappa shape index (κ3) is 3.75. The van der Waals surface area contributed by atoms with Gasteiger partial charge in [0.2, 0.25) is 5.91 Å². The molecule has 1 atom stereocenters. The van der Waals surface area contributed by atoms with Gasteiger partial charge in [-0.2, -0.15) is 0 Å². The van der Waals surface area contributed by atoms with Crippen molar-refractivity contribution in [2.24, 2.45) is 11.3 Å². The van der Waals surface area contributed by atoms with Gasteiger partial charge in [-0.3, -0.25) is 9.59 Å². The van der Waals surface area contributed by atoms with Crippen LogP contribution in [0.2, 0.25) is 0 Å².